The van der Waals surface area contributed by atoms with Gasteiger partial charge >= 0.3 is 0 Å². The van der Waals surface area contributed by atoms with Crippen LogP contribution in [0.3, 0.4) is 0 Å². The first-order chi connectivity index (χ1) is 9.69. The number of aliphatic hydroxyl groups excluding tert-OH is 1. The molecule has 2 aromatic rings. The standard InChI is InChI=1S/C16H17BrClNO/c17-15-9-13(6-7-16(15)18)10-19-14(11-20)8-12-4-2-1-3-5-12/h1-7,9,14,19-20H,8,10-11H2. The predicted octanol–water partition coefficient (Wildman–Crippen LogP) is 3.80. The van der Waals surface area contributed by atoms with Crippen LogP contribution in [-0.4, -0.2) is 17.8 Å². The van der Waals surface area contributed by atoms with Crippen molar-refractivity contribution in [2.45, 2.75) is 19.0 Å². The van der Waals surface area contributed by atoms with E-state index in [2.05, 4.69) is 33.4 Å². The Kier molecular flexibility index (Phi) is 6.05. The Labute approximate surface area is 132 Å². The topological polar surface area (TPSA) is 32.3 Å². The summed E-state index contributed by atoms with van der Waals surface area (Å²) in [6.07, 6.45) is 0.812. The van der Waals surface area contributed by atoms with E-state index in [-0.39, 0.29) is 12.6 Å². The van der Waals surface area contributed by atoms with Gasteiger partial charge in [0.2, 0.25) is 0 Å². The molecule has 0 bridgehead atoms. The maximum absolute atomic E-state index is 9.47. The Morgan fingerprint density at radius 1 is 1.10 bits per heavy atom. The van der Waals surface area contributed by atoms with Crippen LogP contribution in [0.1, 0.15) is 11.1 Å². The SMILES string of the molecule is OCC(Cc1ccccc1)NCc1ccc(Cl)c(Br)c1. The number of benzene rings is 2. The smallest absolute Gasteiger partial charge is 0.0587 e. The van der Waals surface area contributed by atoms with E-state index in [0.717, 1.165) is 16.5 Å². The first-order valence-corrected chi connectivity index (χ1v) is 7.68. The monoisotopic (exact) mass is 353 g/mol. The Hall–Kier alpha value is -0.870. The van der Waals surface area contributed by atoms with Crippen molar-refractivity contribution < 1.29 is 5.11 Å². The van der Waals surface area contributed by atoms with Gasteiger partial charge in [0.15, 0.2) is 0 Å². The van der Waals surface area contributed by atoms with Crippen molar-refractivity contribution in [1.82, 2.24) is 5.32 Å². The quantitative estimate of drug-likeness (QED) is 0.827. The molecule has 0 fully saturated rings. The first kappa shape index (κ1) is 15.5. The fourth-order valence-electron chi connectivity index (χ4n) is 2.01. The molecule has 0 aliphatic carbocycles. The van der Waals surface area contributed by atoms with Crippen LogP contribution >= 0.6 is 27.5 Å². The molecule has 0 amide bonds. The molecule has 0 spiro atoms. The van der Waals surface area contributed by atoms with E-state index in [0.29, 0.717) is 11.6 Å². The van der Waals surface area contributed by atoms with Crippen molar-refractivity contribution in [3.8, 4) is 0 Å². The largest absolute Gasteiger partial charge is 0.395 e. The zero-order valence-corrected chi connectivity index (χ0v) is 13.4. The lowest BCUT2D eigenvalue weighted by atomic mass is 10.1. The van der Waals surface area contributed by atoms with Gasteiger partial charge in [0.05, 0.1) is 11.6 Å². The van der Waals surface area contributed by atoms with Crippen LogP contribution in [0.2, 0.25) is 5.02 Å². The van der Waals surface area contributed by atoms with Crippen molar-refractivity contribution in [2.75, 3.05) is 6.61 Å². The molecule has 0 radical (unpaired) electrons. The Morgan fingerprint density at radius 3 is 2.50 bits per heavy atom. The van der Waals surface area contributed by atoms with Crippen LogP contribution in [0.25, 0.3) is 0 Å². The molecule has 0 saturated carbocycles. The molecule has 1 atom stereocenters. The molecule has 1 unspecified atom stereocenters. The van der Waals surface area contributed by atoms with E-state index in [1.165, 1.54) is 5.56 Å². The van der Waals surface area contributed by atoms with Crippen LogP contribution in [0.4, 0.5) is 0 Å². The zero-order valence-electron chi connectivity index (χ0n) is 11.0. The molecule has 0 aliphatic rings. The second kappa shape index (κ2) is 7.79. The number of hydrogen-bond donors (Lipinski definition) is 2. The summed E-state index contributed by atoms with van der Waals surface area (Å²) in [5.41, 5.74) is 2.35. The summed E-state index contributed by atoms with van der Waals surface area (Å²) >= 11 is 9.39. The van der Waals surface area contributed by atoms with Gasteiger partial charge in [-0.2, -0.15) is 0 Å². The van der Waals surface area contributed by atoms with Crippen molar-refractivity contribution in [3.05, 3.63) is 69.2 Å². The fourth-order valence-corrected chi connectivity index (χ4v) is 2.56. The van der Waals surface area contributed by atoms with Crippen LogP contribution < -0.4 is 5.32 Å². The van der Waals surface area contributed by atoms with Crippen molar-refractivity contribution >= 4 is 27.5 Å². The summed E-state index contributed by atoms with van der Waals surface area (Å²) in [6, 6.07) is 16.1. The summed E-state index contributed by atoms with van der Waals surface area (Å²) in [4.78, 5) is 0. The lowest BCUT2D eigenvalue weighted by Gasteiger charge is -2.16. The van der Waals surface area contributed by atoms with E-state index in [1.807, 2.05) is 36.4 Å². The summed E-state index contributed by atoms with van der Waals surface area (Å²) in [5, 5.41) is 13.5. The molecular weight excluding hydrogens is 338 g/mol. The molecule has 0 heterocycles. The predicted molar refractivity (Wildman–Crippen MR) is 87.0 cm³/mol. The minimum Gasteiger partial charge on any atom is -0.395 e. The average Bonchev–Trinajstić information content (AvgIpc) is 2.48. The van der Waals surface area contributed by atoms with E-state index in [4.69, 9.17) is 11.6 Å². The normalized spacial score (nSPS) is 12.3. The van der Waals surface area contributed by atoms with Gasteiger partial charge in [0, 0.05) is 17.1 Å². The van der Waals surface area contributed by atoms with Crippen molar-refractivity contribution in [2.24, 2.45) is 0 Å². The van der Waals surface area contributed by atoms with Gasteiger partial charge in [-0.05, 0) is 45.6 Å². The second-order valence-corrected chi connectivity index (χ2v) is 5.96. The van der Waals surface area contributed by atoms with Crippen molar-refractivity contribution in [1.29, 1.82) is 0 Å². The summed E-state index contributed by atoms with van der Waals surface area (Å²) < 4.78 is 0.891. The maximum atomic E-state index is 9.47. The van der Waals surface area contributed by atoms with Crippen LogP contribution in [-0.2, 0) is 13.0 Å². The van der Waals surface area contributed by atoms with Gasteiger partial charge < -0.3 is 10.4 Å². The second-order valence-electron chi connectivity index (χ2n) is 4.70. The maximum Gasteiger partial charge on any atom is 0.0587 e. The molecular formula is C16H17BrClNO. The lowest BCUT2D eigenvalue weighted by Crippen LogP contribution is -2.34. The number of halogens is 2. The van der Waals surface area contributed by atoms with Gasteiger partial charge in [-0.25, -0.2) is 0 Å². The van der Waals surface area contributed by atoms with E-state index in [9.17, 15) is 5.11 Å². The highest BCUT2D eigenvalue weighted by Gasteiger charge is 2.08. The van der Waals surface area contributed by atoms with E-state index >= 15 is 0 Å². The molecule has 0 aliphatic heterocycles. The number of hydrogen-bond acceptors (Lipinski definition) is 2. The van der Waals surface area contributed by atoms with Gasteiger partial charge in [0.25, 0.3) is 0 Å². The molecule has 2 nitrogen and oxygen atoms in total. The van der Waals surface area contributed by atoms with Crippen LogP contribution in [0, 0.1) is 0 Å². The minimum atomic E-state index is 0.0480. The highest BCUT2D eigenvalue weighted by atomic mass is 79.9. The molecule has 2 aromatic carbocycles. The molecule has 2 rings (SSSR count). The van der Waals surface area contributed by atoms with Gasteiger partial charge in [-0.15, -0.1) is 0 Å². The third-order valence-corrected chi connectivity index (χ3v) is 4.34. The van der Waals surface area contributed by atoms with Gasteiger partial charge in [0.1, 0.15) is 0 Å². The van der Waals surface area contributed by atoms with E-state index in [1.54, 1.807) is 0 Å². The summed E-state index contributed by atoms with van der Waals surface area (Å²) in [5.74, 6) is 0. The zero-order chi connectivity index (χ0) is 14.4. The third-order valence-electron chi connectivity index (χ3n) is 3.12. The minimum absolute atomic E-state index is 0.0480. The van der Waals surface area contributed by atoms with E-state index < -0.39 is 0 Å². The number of rotatable bonds is 6. The van der Waals surface area contributed by atoms with Crippen LogP contribution in [0.5, 0.6) is 0 Å². The summed E-state index contributed by atoms with van der Waals surface area (Å²) in [7, 11) is 0. The van der Waals surface area contributed by atoms with Gasteiger partial charge in [-0.1, -0.05) is 48.0 Å². The molecule has 0 saturated heterocycles. The Balaban J connectivity index is 1.92. The number of nitrogens with one attached hydrogen (secondary N) is 1. The molecule has 4 heteroatoms. The van der Waals surface area contributed by atoms with Crippen molar-refractivity contribution in [3.63, 3.8) is 0 Å². The Morgan fingerprint density at radius 2 is 1.85 bits per heavy atom. The lowest BCUT2D eigenvalue weighted by molar-refractivity contribution is 0.241. The molecule has 106 valence electrons. The third kappa shape index (κ3) is 4.60. The number of aliphatic hydroxyl groups is 1. The molecule has 20 heavy (non-hydrogen) atoms. The summed E-state index contributed by atoms with van der Waals surface area (Å²) in [6.45, 7) is 0.817. The Bertz CT molecular complexity index is 547. The van der Waals surface area contributed by atoms with Crippen LogP contribution in [0.15, 0.2) is 53.0 Å². The average molecular weight is 355 g/mol. The highest BCUT2D eigenvalue weighted by Crippen LogP contribution is 2.23. The fraction of sp³-hybridized carbons (Fsp3) is 0.250. The highest BCUT2D eigenvalue weighted by molar-refractivity contribution is 9.10. The first-order valence-electron chi connectivity index (χ1n) is 6.51. The van der Waals surface area contributed by atoms with Gasteiger partial charge in [-0.3, -0.25) is 0 Å². The molecule has 0 aromatic heterocycles. The molecule has 2 N–H and O–H groups in total.